The SMILES string of the molecule is Cc1cc(F)ccc1-c1cc(Cl)nc2cc(OC(C)C(=O)N3CCC[C@H](C(=O)O)C3)ccc12. The average Bonchev–Trinajstić information content (AvgIpc) is 2.78. The van der Waals surface area contributed by atoms with Crippen molar-refractivity contribution in [3.05, 3.63) is 59.0 Å². The Morgan fingerprint density at radius 3 is 2.73 bits per heavy atom. The zero-order valence-corrected chi connectivity index (χ0v) is 19.1. The highest BCUT2D eigenvalue weighted by Gasteiger charge is 2.31. The largest absolute Gasteiger partial charge is 0.481 e. The van der Waals surface area contributed by atoms with Crippen LogP contribution >= 0.6 is 11.6 Å². The van der Waals surface area contributed by atoms with E-state index in [0.29, 0.717) is 30.7 Å². The van der Waals surface area contributed by atoms with Gasteiger partial charge >= 0.3 is 5.97 Å². The molecular weight excluding hydrogens is 447 g/mol. The minimum atomic E-state index is -0.884. The lowest BCUT2D eigenvalue weighted by Gasteiger charge is -2.32. The Bertz CT molecular complexity index is 1230. The molecule has 0 spiro atoms. The number of hydrogen-bond acceptors (Lipinski definition) is 4. The maximum Gasteiger partial charge on any atom is 0.308 e. The monoisotopic (exact) mass is 470 g/mol. The number of nitrogens with zero attached hydrogens (tertiary/aromatic N) is 2. The molecule has 172 valence electrons. The van der Waals surface area contributed by atoms with Crippen LogP contribution in [0.4, 0.5) is 4.39 Å². The number of pyridine rings is 1. The van der Waals surface area contributed by atoms with E-state index in [1.54, 1.807) is 36.1 Å². The van der Waals surface area contributed by atoms with Crippen LogP contribution in [0.15, 0.2) is 42.5 Å². The summed E-state index contributed by atoms with van der Waals surface area (Å²) in [6, 6.07) is 11.6. The van der Waals surface area contributed by atoms with Crippen LogP contribution in [0.3, 0.4) is 0 Å². The van der Waals surface area contributed by atoms with Crippen molar-refractivity contribution in [3.63, 3.8) is 0 Å². The molecule has 6 nitrogen and oxygen atoms in total. The second kappa shape index (κ2) is 9.35. The molecule has 33 heavy (non-hydrogen) atoms. The van der Waals surface area contributed by atoms with Crippen LogP contribution in [-0.2, 0) is 9.59 Å². The van der Waals surface area contributed by atoms with Crippen LogP contribution in [-0.4, -0.2) is 46.1 Å². The number of aryl methyl sites for hydroxylation is 1. The van der Waals surface area contributed by atoms with Crippen molar-refractivity contribution >= 4 is 34.4 Å². The van der Waals surface area contributed by atoms with E-state index < -0.39 is 18.0 Å². The first-order valence-corrected chi connectivity index (χ1v) is 11.2. The zero-order valence-electron chi connectivity index (χ0n) is 18.3. The summed E-state index contributed by atoms with van der Waals surface area (Å²) in [6.07, 6.45) is 0.439. The fourth-order valence-electron chi connectivity index (χ4n) is 4.29. The fourth-order valence-corrected chi connectivity index (χ4v) is 4.49. The molecule has 0 aliphatic carbocycles. The van der Waals surface area contributed by atoms with Crippen LogP contribution < -0.4 is 4.74 Å². The van der Waals surface area contributed by atoms with Gasteiger partial charge in [-0.05, 0) is 73.7 Å². The Labute approximate surface area is 195 Å². The van der Waals surface area contributed by atoms with Gasteiger partial charge in [-0.1, -0.05) is 17.7 Å². The molecule has 1 saturated heterocycles. The lowest BCUT2D eigenvalue weighted by atomic mass is 9.97. The number of carboxylic acids is 1. The molecule has 8 heteroatoms. The molecule has 1 N–H and O–H groups in total. The first-order valence-electron chi connectivity index (χ1n) is 10.8. The third kappa shape index (κ3) is 4.93. The van der Waals surface area contributed by atoms with Gasteiger partial charge in [0.05, 0.1) is 11.4 Å². The zero-order chi connectivity index (χ0) is 23.7. The van der Waals surface area contributed by atoms with Gasteiger partial charge in [0.15, 0.2) is 6.10 Å². The van der Waals surface area contributed by atoms with Crippen molar-refractivity contribution in [3.8, 4) is 16.9 Å². The summed E-state index contributed by atoms with van der Waals surface area (Å²) in [6.45, 7) is 4.19. The molecule has 3 aromatic rings. The number of carbonyl (C=O) groups excluding carboxylic acids is 1. The Balaban J connectivity index is 1.58. The van der Waals surface area contributed by atoms with Crippen LogP contribution in [0.5, 0.6) is 5.75 Å². The van der Waals surface area contributed by atoms with Gasteiger partial charge < -0.3 is 14.7 Å². The quantitative estimate of drug-likeness (QED) is 0.525. The van der Waals surface area contributed by atoms with E-state index in [2.05, 4.69) is 4.98 Å². The highest BCUT2D eigenvalue weighted by Crippen LogP contribution is 2.34. The van der Waals surface area contributed by atoms with E-state index in [-0.39, 0.29) is 23.4 Å². The molecule has 2 atom stereocenters. The Morgan fingerprint density at radius 1 is 1.21 bits per heavy atom. The molecule has 1 aromatic heterocycles. The standard InChI is InChI=1S/C25H24ClFN2O4/c1-14-10-17(27)5-7-19(14)21-12-23(26)28-22-11-18(6-8-20(21)22)33-15(2)24(30)29-9-3-4-16(13-29)25(31)32/h5-8,10-12,15-16H,3-4,9,13H2,1-2H3,(H,31,32)/t15?,16-/m0/s1. The van der Waals surface area contributed by atoms with Gasteiger partial charge in [0.25, 0.3) is 5.91 Å². The van der Waals surface area contributed by atoms with E-state index in [0.717, 1.165) is 22.1 Å². The molecule has 1 fully saturated rings. The summed E-state index contributed by atoms with van der Waals surface area (Å²) in [4.78, 5) is 30.1. The molecular formula is C25H24ClFN2O4. The van der Waals surface area contributed by atoms with Gasteiger partial charge in [-0.2, -0.15) is 0 Å². The third-order valence-electron chi connectivity index (χ3n) is 5.97. The van der Waals surface area contributed by atoms with Crippen LogP contribution in [0.1, 0.15) is 25.3 Å². The summed E-state index contributed by atoms with van der Waals surface area (Å²) in [5.74, 6) is -1.53. The van der Waals surface area contributed by atoms with E-state index in [9.17, 15) is 19.1 Å². The number of benzene rings is 2. The number of fused-ring (bicyclic) bond motifs is 1. The molecule has 1 aliphatic heterocycles. The van der Waals surface area contributed by atoms with E-state index >= 15 is 0 Å². The number of halogens is 2. The predicted molar refractivity (Wildman–Crippen MR) is 124 cm³/mol. The average molecular weight is 471 g/mol. The lowest BCUT2D eigenvalue weighted by molar-refractivity contribution is -0.147. The van der Waals surface area contributed by atoms with Crippen LogP contribution in [0, 0.1) is 18.7 Å². The fraction of sp³-hybridized carbons (Fsp3) is 0.320. The third-order valence-corrected chi connectivity index (χ3v) is 6.17. The second-order valence-electron chi connectivity index (χ2n) is 8.35. The lowest BCUT2D eigenvalue weighted by Crippen LogP contribution is -2.47. The van der Waals surface area contributed by atoms with Crippen molar-refractivity contribution in [2.24, 2.45) is 5.92 Å². The van der Waals surface area contributed by atoms with Gasteiger partial charge in [-0.25, -0.2) is 9.37 Å². The first-order chi connectivity index (χ1) is 15.7. The molecule has 1 aliphatic rings. The topological polar surface area (TPSA) is 79.7 Å². The van der Waals surface area contributed by atoms with Gasteiger partial charge in [0, 0.05) is 24.5 Å². The number of rotatable bonds is 5. The van der Waals surface area contributed by atoms with Gasteiger partial charge in [0.1, 0.15) is 16.7 Å². The van der Waals surface area contributed by atoms with Crippen molar-refractivity contribution in [1.82, 2.24) is 9.88 Å². The molecule has 2 aromatic carbocycles. The number of likely N-dealkylation sites (tertiary alicyclic amines) is 1. The predicted octanol–water partition coefficient (Wildman–Crippen LogP) is 5.09. The number of aromatic nitrogens is 1. The number of hydrogen-bond donors (Lipinski definition) is 1. The summed E-state index contributed by atoms with van der Waals surface area (Å²) >= 11 is 6.27. The maximum absolute atomic E-state index is 13.6. The number of aliphatic carboxylic acids is 1. The molecule has 0 saturated carbocycles. The number of carboxylic acid groups (broad SMARTS) is 1. The highest BCUT2D eigenvalue weighted by molar-refractivity contribution is 6.30. The van der Waals surface area contributed by atoms with Crippen molar-refractivity contribution in [2.75, 3.05) is 13.1 Å². The van der Waals surface area contributed by atoms with E-state index in [1.165, 1.54) is 12.1 Å². The highest BCUT2D eigenvalue weighted by atomic mass is 35.5. The number of piperidine rings is 1. The van der Waals surface area contributed by atoms with Gasteiger partial charge in [-0.3, -0.25) is 9.59 Å². The van der Waals surface area contributed by atoms with E-state index in [4.69, 9.17) is 16.3 Å². The van der Waals surface area contributed by atoms with Crippen molar-refractivity contribution in [1.29, 1.82) is 0 Å². The van der Waals surface area contributed by atoms with Crippen LogP contribution in [0.2, 0.25) is 5.15 Å². The number of amides is 1. The summed E-state index contributed by atoms with van der Waals surface area (Å²) in [5.41, 5.74) is 3.04. The van der Waals surface area contributed by atoms with Gasteiger partial charge in [-0.15, -0.1) is 0 Å². The normalized spacial score (nSPS) is 17.1. The molecule has 4 rings (SSSR count). The van der Waals surface area contributed by atoms with E-state index in [1.807, 2.05) is 13.0 Å². The number of ether oxygens (including phenoxy) is 1. The first kappa shape index (κ1) is 23.0. The smallest absolute Gasteiger partial charge is 0.308 e. The summed E-state index contributed by atoms with van der Waals surface area (Å²) < 4.78 is 19.5. The number of carbonyl (C=O) groups is 2. The molecule has 1 unspecified atom stereocenters. The molecule has 0 radical (unpaired) electrons. The van der Waals surface area contributed by atoms with Crippen molar-refractivity contribution < 1.29 is 23.8 Å². The summed E-state index contributed by atoms with van der Waals surface area (Å²) in [5, 5.41) is 10.4. The molecule has 0 bridgehead atoms. The Kier molecular flexibility index (Phi) is 6.51. The van der Waals surface area contributed by atoms with Crippen LogP contribution in [0.25, 0.3) is 22.0 Å². The minimum absolute atomic E-state index is 0.192. The Hall–Kier alpha value is -3.19. The van der Waals surface area contributed by atoms with Gasteiger partial charge in [0.2, 0.25) is 0 Å². The van der Waals surface area contributed by atoms with Crippen molar-refractivity contribution in [2.45, 2.75) is 32.8 Å². The molecule has 2 heterocycles. The second-order valence-corrected chi connectivity index (χ2v) is 8.74. The molecule has 1 amide bonds. The Morgan fingerprint density at radius 2 is 2.00 bits per heavy atom. The summed E-state index contributed by atoms with van der Waals surface area (Å²) in [7, 11) is 0. The maximum atomic E-state index is 13.6. The minimum Gasteiger partial charge on any atom is -0.481 e.